The van der Waals surface area contributed by atoms with Crippen molar-refractivity contribution in [2.45, 2.75) is 0 Å². The first-order chi connectivity index (χ1) is 24.6. The molecule has 0 saturated carbocycles. The third-order valence-electron chi connectivity index (χ3n) is 9.21. The van der Waals surface area contributed by atoms with Crippen LogP contribution in [-0.4, -0.2) is 19.1 Å². The lowest BCUT2D eigenvalue weighted by Gasteiger charge is -2.15. The molecular formula is C43H23N7. The number of nitriles is 2. The average molecular weight is 638 g/mol. The van der Waals surface area contributed by atoms with Crippen LogP contribution in [0, 0.1) is 29.2 Å². The third-order valence-corrected chi connectivity index (χ3v) is 9.21. The van der Waals surface area contributed by atoms with E-state index in [2.05, 4.69) is 56.4 Å². The number of fused-ring (bicyclic) bond motifs is 6. The van der Waals surface area contributed by atoms with E-state index in [1.807, 2.05) is 91.0 Å². The van der Waals surface area contributed by atoms with Crippen LogP contribution in [0.1, 0.15) is 11.1 Å². The van der Waals surface area contributed by atoms with Crippen molar-refractivity contribution in [2.75, 3.05) is 0 Å². The van der Waals surface area contributed by atoms with E-state index in [1.165, 1.54) is 0 Å². The van der Waals surface area contributed by atoms with Crippen molar-refractivity contribution < 1.29 is 0 Å². The van der Waals surface area contributed by atoms with Gasteiger partial charge in [0.25, 0.3) is 0 Å². The van der Waals surface area contributed by atoms with Gasteiger partial charge >= 0.3 is 0 Å². The number of pyridine rings is 2. The first kappa shape index (κ1) is 28.7. The van der Waals surface area contributed by atoms with Crippen LogP contribution in [-0.2, 0) is 0 Å². The molecule has 0 bridgehead atoms. The van der Waals surface area contributed by atoms with Crippen LogP contribution in [0.25, 0.3) is 82.6 Å². The van der Waals surface area contributed by atoms with Crippen LogP contribution in [0.2, 0.25) is 0 Å². The minimum atomic E-state index is 0.535. The van der Waals surface area contributed by atoms with Crippen molar-refractivity contribution in [2.24, 2.45) is 0 Å². The van der Waals surface area contributed by atoms with E-state index in [1.54, 1.807) is 18.2 Å². The van der Waals surface area contributed by atoms with Gasteiger partial charge in [0.2, 0.25) is 0 Å². The summed E-state index contributed by atoms with van der Waals surface area (Å²) in [5, 5.41) is 23.5. The maximum atomic E-state index is 9.76. The van der Waals surface area contributed by atoms with Gasteiger partial charge in [-0.15, -0.1) is 0 Å². The van der Waals surface area contributed by atoms with Crippen molar-refractivity contribution in [1.82, 2.24) is 19.1 Å². The highest BCUT2D eigenvalue weighted by Gasteiger charge is 2.20. The summed E-state index contributed by atoms with van der Waals surface area (Å²) in [6.45, 7) is 7.73. The molecule has 7 nitrogen and oxygen atoms in total. The molecule has 0 aliphatic rings. The highest BCUT2D eigenvalue weighted by atomic mass is 15.1. The summed E-state index contributed by atoms with van der Waals surface area (Å²) in [4.78, 5) is 14.2. The van der Waals surface area contributed by atoms with Crippen LogP contribution >= 0.6 is 0 Å². The van der Waals surface area contributed by atoms with Gasteiger partial charge < -0.3 is 0 Å². The number of aromatic nitrogens is 4. The summed E-state index contributed by atoms with van der Waals surface area (Å²) < 4.78 is 4.28. The van der Waals surface area contributed by atoms with Crippen LogP contribution in [0.4, 0.5) is 5.69 Å². The minimum absolute atomic E-state index is 0.535. The molecule has 0 fully saturated rings. The van der Waals surface area contributed by atoms with Gasteiger partial charge in [-0.25, -0.2) is 14.8 Å². The molecule has 0 aliphatic carbocycles. The van der Waals surface area contributed by atoms with E-state index < -0.39 is 0 Å². The normalized spacial score (nSPS) is 11.1. The molecule has 0 N–H and O–H groups in total. The monoisotopic (exact) mass is 637 g/mol. The molecule has 50 heavy (non-hydrogen) atoms. The van der Waals surface area contributed by atoms with E-state index >= 15 is 0 Å². The van der Waals surface area contributed by atoms with Crippen LogP contribution in [0.3, 0.4) is 0 Å². The summed E-state index contributed by atoms with van der Waals surface area (Å²) in [7, 11) is 0. The molecule has 0 amide bonds. The molecule has 230 valence electrons. The van der Waals surface area contributed by atoms with Gasteiger partial charge in [0.05, 0.1) is 63.3 Å². The zero-order valence-corrected chi connectivity index (χ0v) is 26.4. The van der Waals surface area contributed by atoms with E-state index in [0.717, 1.165) is 60.4 Å². The summed E-state index contributed by atoms with van der Waals surface area (Å²) in [6.07, 6.45) is 0. The Morgan fingerprint density at radius 3 is 1.60 bits per heavy atom. The van der Waals surface area contributed by atoms with E-state index in [4.69, 9.17) is 16.5 Å². The fourth-order valence-corrected chi connectivity index (χ4v) is 6.99. The van der Waals surface area contributed by atoms with Crippen molar-refractivity contribution in [3.05, 3.63) is 162 Å². The highest BCUT2D eigenvalue weighted by Crippen LogP contribution is 2.37. The molecule has 9 rings (SSSR count). The lowest BCUT2D eigenvalue weighted by atomic mass is 10.1. The molecule has 0 spiro atoms. The fourth-order valence-electron chi connectivity index (χ4n) is 6.99. The number of nitrogens with zero attached hydrogens (tertiary/aromatic N) is 7. The second-order valence-electron chi connectivity index (χ2n) is 12.0. The molecule has 0 unspecified atom stereocenters. The topological polar surface area (TPSA) is 87.6 Å². The summed E-state index contributed by atoms with van der Waals surface area (Å²) in [6, 6.07) is 49.9. The van der Waals surface area contributed by atoms with Crippen molar-refractivity contribution in [3.8, 4) is 46.3 Å². The van der Waals surface area contributed by atoms with Crippen LogP contribution < -0.4 is 0 Å². The van der Waals surface area contributed by atoms with Gasteiger partial charge in [-0.2, -0.15) is 10.5 Å². The summed E-state index contributed by atoms with van der Waals surface area (Å²) in [5.41, 5.74) is 8.42. The first-order valence-electron chi connectivity index (χ1n) is 16.0. The predicted octanol–water partition coefficient (Wildman–Crippen LogP) is 10.3. The Labute approximate surface area is 286 Å². The van der Waals surface area contributed by atoms with E-state index in [9.17, 15) is 10.5 Å². The smallest absolute Gasteiger partial charge is 0.196 e. The van der Waals surface area contributed by atoms with Crippen molar-refractivity contribution >= 4 is 49.3 Å². The third kappa shape index (κ3) is 4.42. The maximum absolute atomic E-state index is 9.76. The molecule has 9 aromatic rings. The Hall–Kier alpha value is -7.53. The average Bonchev–Trinajstić information content (AvgIpc) is 3.70. The standard InChI is InChI=1S/C43H23N7/c1-46-36-12-5-2-11-32(36)37-14-8-13-35(47-37)29-23-42(49-38-15-6-3-9-30(38)31-10-4-7-16-39(31)49)48-43(24-29)50-40-19-17-27(25-44)21-33(40)34-22-28(26-45)18-20-41(34)50/h2-24H. The second-order valence-corrected chi connectivity index (χ2v) is 12.0. The second kappa shape index (κ2) is 11.3. The fraction of sp³-hybridized carbons (Fsp3) is 0. The zero-order valence-electron chi connectivity index (χ0n) is 26.4. The van der Waals surface area contributed by atoms with Gasteiger partial charge in [-0.1, -0.05) is 66.7 Å². The predicted molar refractivity (Wildman–Crippen MR) is 197 cm³/mol. The molecule has 4 heterocycles. The highest BCUT2D eigenvalue weighted by molar-refractivity contribution is 6.11. The first-order valence-corrected chi connectivity index (χ1v) is 16.0. The van der Waals surface area contributed by atoms with Gasteiger partial charge in [-0.05, 0) is 72.8 Å². The molecular weight excluding hydrogens is 615 g/mol. The lowest BCUT2D eigenvalue weighted by molar-refractivity contribution is 1.01. The molecule has 0 atom stereocenters. The van der Waals surface area contributed by atoms with Gasteiger partial charge in [0.1, 0.15) is 11.6 Å². The van der Waals surface area contributed by atoms with Gasteiger partial charge in [0.15, 0.2) is 5.69 Å². The molecule has 4 aromatic heterocycles. The van der Waals surface area contributed by atoms with E-state index in [0.29, 0.717) is 34.1 Å². The zero-order chi connectivity index (χ0) is 33.8. The maximum Gasteiger partial charge on any atom is 0.196 e. The number of rotatable bonds is 4. The van der Waals surface area contributed by atoms with Crippen LogP contribution in [0.5, 0.6) is 0 Å². The Kier molecular flexibility index (Phi) is 6.49. The lowest BCUT2D eigenvalue weighted by Crippen LogP contribution is -2.05. The Morgan fingerprint density at radius 1 is 0.500 bits per heavy atom. The number of para-hydroxylation sites is 3. The molecule has 0 saturated heterocycles. The number of hydrogen-bond acceptors (Lipinski definition) is 4. The minimum Gasteiger partial charge on any atom is -0.294 e. The number of hydrogen-bond donors (Lipinski definition) is 0. The van der Waals surface area contributed by atoms with Crippen molar-refractivity contribution in [1.29, 1.82) is 10.5 Å². The molecule has 5 aromatic carbocycles. The SMILES string of the molecule is [C-]#[N+]c1ccccc1-c1cccc(-c2cc(-n3c4ccccc4c4ccccc43)nc(-n3c4ccc(C#N)cc4c4cc(C#N)ccc43)c2)n1. The molecule has 0 radical (unpaired) electrons. The largest absolute Gasteiger partial charge is 0.294 e. The van der Waals surface area contributed by atoms with Gasteiger partial charge in [-0.3, -0.25) is 9.13 Å². The number of benzene rings is 5. The summed E-state index contributed by atoms with van der Waals surface area (Å²) >= 11 is 0. The Balaban J connectivity index is 1.38. The van der Waals surface area contributed by atoms with Gasteiger partial charge in [0, 0.05) is 32.7 Å². The molecule has 0 aliphatic heterocycles. The van der Waals surface area contributed by atoms with Crippen molar-refractivity contribution in [3.63, 3.8) is 0 Å². The molecule has 7 heteroatoms. The quantitative estimate of drug-likeness (QED) is 0.180. The van der Waals surface area contributed by atoms with E-state index in [-0.39, 0.29) is 0 Å². The Morgan fingerprint density at radius 2 is 1.02 bits per heavy atom. The van der Waals surface area contributed by atoms with Crippen LogP contribution in [0.15, 0.2) is 140 Å². The summed E-state index contributed by atoms with van der Waals surface area (Å²) in [5.74, 6) is 1.36. The Bertz CT molecular complexity index is 2850.